The molecule has 2 unspecified atom stereocenters. The van der Waals surface area contributed by atoms with E-state index in [1.54, 1.807) is 11.3 Å². The maximum absolute atomic E-state index is 5.90. The van der Waals surface area contributed by atoms with Gasteiger partial charge in [-0.05, 0) is 25.3 Å². The fraction of sp³-hybridized carbons (Fsp3) is 0.615. The molecule has 0 amide bonds. The second-order valence-electron chi connectivity index (χ2n) is 5.31. The van der Waals surface area contributed by atoms with Crippen molar-refractivity contribution in [2.45, 2.75) is 32.4 Å². The molecule has 3 heterocycles. The standard InChI is InChI=1S/C13H20N4S/c1-10-2-3-16(12(6-10)7-14)8-11-9-17-4-5-18-13(17)15-11/h4-5,9-10,12H,2-3,6-8,14H2,1H3. The topological polar surface area (TPSA) is 46.6 Å². The first-order valence-corrected chi connectivity index (χ1v) is 7.49. The molecule has 1 aliphatic heterocycles. The number of thiazole rings is 1. The predicted octanol–water partition coefficient (Wildman–Crippen LogP) is 1.96. The van der Waals surface area contributed by atoms with Crippen LogP contribution < -0.4 is 5.73 Å². The summed E-state index contributed by atoms with van der Waals surface area (Å²) in [6.07, 6.45) is 6.70. The Hall–Kier alpha value is -0.910. The Morgan fingerprint density at radius 2 is 2.44 bits per heavy atom. The molecule has 2 aromatic rings. The van der Waals surface area contributed by atoms with Crippen LogP contribution in [0.3, 0.4) is 0 Å². The maximum Gasteiger partial charge on any atom is 0.193 e. The summed E-state index contributed by atoms with van der Waals surface area (Å²) in [5, 5.41) is 2.07. The summed E-state index contributed by atoms with van der Waals surface area (Å²) in [6, 6.07) is 0.522. The smallest absolute Gasteiger partial charge is 0.193 e. The van der Waals surface area contributed by atoms with Gasteiger partial charge in [0.05, 0.1) is 5.69 Å². The molecule has 0 aromatic carbocycles. The number of hydrogen-bond acceptors (Lipinski definition) is 4. The van der Waals surface area contributed by atoms with Crippen LogP contribution in [0.25, 0.3) is 4.96 Å². The van der Waals surface area contributed by atoms with Crippen LogP contribution in [0.5, 0.6) is 0 Å². The van der Waals surface area contributed by atoms with Crippen molar-refractivity contribution in [2.75, 3.05) is 13.1 Å². The molecule has 0 saturated carbocycles. The molecule has 4 nitrogen and oxygen atoms in total. The zero-order valence-electron chi connectivity index (χ0n) is 10.7. The van der Waals surface area contributed by atoms with Gasteiger partial charge in [-0.1, -0.05) is 6.92 Å². The molecule has 98 valence electrons. The van der Waals surface area contributed by atoms with Gasteiger partial charge >= 0.3 is 0 Å². The normalized spacial score (nSPS) is 25.9. The number of likely N-dealkylation sites (tertiary alicyclic amines) is 1. The van der Waals surface area contributed by atoms with E-state index in [-0.39, 0.29) is 0 Å². The summed E-state index contributed by atoms with van der Waals surface area (Å²) in [7, 11) is 0. The van der Waals surface area contributed by atoms with E-state index in [2.05, 4.69) is 39.0 Å². The number of imidazole rings is 1. The summed E-state index contributed by atoms with van der Waals surface area (Å²) in [4.78, 5) is 8.23. The molecule has 18 heavy (non-hydrogen) atoms. The van der Waals surface area contributed by atoms with Crippen molar-refractivity contribution in [3.63, 3.8) is 0 Å². The molecule has 2 N–H and O–H groups in total. The third-order valence-corrected chi connectivity index (χ3v) is 4.65. The molecular formula is C13H20N4S. The first-order valence-electron chi connectivity index (χ1n) is 6.61. The van der Waals surface area contributed by atoms with Crippen LogP contribution in [-0.2, 0) is 6.54 Å². The van der Waals surface area contributed by atoms with Gasteiger partial charge in [-0.15, -0.1) is 11.3 Å². The highest BCUT2D eigenvalue weighted by Gasteiger charge is 2.25. The second-order valence-corrected chi connectivity index (χ2v) is 6.19. The molecule has 0 aliphatic carbocycles. The second kappa shape index (κ2) is 4.99. The van der Waals surface area contributed by atoms with E-state index in [0.29, 0.717) is 6.04 Å². The summed E-state index contributed by atoms with van der Waals surface area (Å²) in [5.74, 6) is 0.806. The molecule has 0 bridgehead atoms. The lowest BCUT2D eigenvalue weighted by Gasteiger charge is -2.37. The monoisotopic (exact) mass is 264 g/mol. The molecule has 0 spiro atoms. The Kier molecular flexibility index (Phi) is 3.37. The molecule has 3 rings (SSSR count). The van der Waals surface area contributed by atoms with Crippen LogP contribution in [0.2, 0.25) is 0 Å². The average molecular weight is 264 g/mol. The van der Waals surface area contributed by atoms with Crippen molar-refractivity contribution in [3.05, 3.63) is 23.5 Å². The van der Waals surface area contributed by atoms with Gasteiger partial charge in [0.1, 0.15) is 0 Å². The van der Waals surface area contributed by atoms with Crippen molar-refractivity contribution in [3.8, 4) is 0 Å². The van der Waals surface area contributed by atoms with Crippen LogP contribution in [0, 0.1) is 5.92 Å². The van der Waals surface area contributed by atoms with E-state index in [0.717, 1.165) is 36.2 Å². The van der Waals surface area contributed by atoms with Crippen molar-refractivity contribution < 1.29 is 0 Å². The van der Waals surface area contributed by atoms with Gasteiger partial charge in [0.2, 0.25) is 0 Å². The van der Waals surface area contributed by atoms with Crippen LogP contribution >= 0.6 is 11.3 Å². The Morgan fingerprint density at radius 3 is 3.22 bits per heavy atom. The lowest BCUT2D eigenvalue weighted by molar-refractivity contribution is 0.114. The first-order chi connectivity index (χ1) is 8.76. The van der Waals surface area contributed by atoms with Crippen molar-refractivity contribution in [2.24, 2.45) is 11.7 Å². The molecule has 5 heteroatoms. The van der Waals surface area contributed by atoms with Gasteiger partial charge < -0.3 is 5.73 Å². The summed E-state index contributed by atoms with van der Waals surface area (Å²) < 4.78 is 2.10. The number of rotatable bonds is 3. The van der Waals surface area contributed by atoms with Gasteiger partial charge in [-0.3, -0.25) is 9.30 Å². The fourth-order valence-electron chi connectivity index (χ4n) is 2.81. The number of hydrogen-bond donors (Lipinski definition) is 1. The number of piperidine rings is 1. The van der Waals surface area contributed by atoms with E-state index in [1.165, 1.54) is 12.8 Å². The van der Waals surface area contributed by atoms with Gasteiger partial charge in [0, 0.05) is 36.9 Å². The van der Waals surface area contributed by atoms with Crippen LogP contribution in [0.1, 0.15) is 25.5 Å². The lowest BCUT2D eigenvalue weighted by atomic mass is 9.92. The molecule has 0 radical (unpaired) electrons. The third-order valence-electron chi connectivity index (χ3n) is 3.88. The zero-order chi connectivity index (χ0) is 12.5. The Bertz CT molecular complexity index is 489. The molecule has 1 aliphatic rings. The van der Waals surface area contributed by atoms with E-state index in [4.69, 9.17) is 5.73 Å². The fourth-order valence-corrected chi connectivity index (χ4v) is 3.53. The van der Waals surface area contributed by atoms with E-state index in [9.17, 15) is 0 Å². The highest BCUT2D eigenvalue weighted by atomic mass is 32.1. The van der Waals surface area contributed by atoms with E-state index >= 15 is 0 Å². The van der Waals surface area contributed by atoms with Crippen molar-refractivity contribution in [1.82, 2.24) is 14.3 Å². The van der Waals surface area contributed by atoms with Crippen LogP contribution in [0.15, 0.2) is 17.8 Å². The first kappa shape index (κ1) is 12.1. The summed E-state index contributed by atoms with van der Waals surface area (Å²) in [5.41, 5.74) is 7.06. The lowest BCUT2D eigenvalue weighted by Crippen LogP contribution is -2.45. The predicted molar refractivity (Wildman–Crippen MR) is 74.7 cm³/mol. The quantitative estimate of drug-likeness (QED) is 0.922. The minimum absolute atomic E-state index is 0.522. The van der Waals surface area contributed by atoms with E-state index < -0.39 is 0 Å². The average Bonchev–Trinajstić information content (AvgIpc) is 2.92. The van der Waals surface area contributed by atoms with Gasteiger partial charge in [-0.25, -0.2) is 4.98 Å². The molecule has 2 aromatic heterocycles. The van der Waals surface area contributed by atoms with Gasteiger partial charge in [0.15, 0.2) is 4.96 Å². The molecule has 1 saturated heterocycles. The van der Waals surface area contributed by atoms with Crippen molar-refractivity contribution >= 4 is 16.3 Å². The molecule has 2 atom stereocenters. The summed E-state index contributed by atoms with van der Waals surface area (Å²) >= 11 is 1.69. The Morgan fingerprint density at radius 1 is 1.56 bits per heavy atom. The van der Waals surface area contributed by atoms with Crippen LogP contribution in [-0.4, -0.2) is 33.4 Å². The molecular weight excluding hydrogens is 244 g/mol. The van der Waals surface area contributed by atoms with E-state index in [1.807, 2.05) is 0 Å². The maximum atomic E-state index is 5.90. The minimum atomic E-state index is 0.522. The van der Waals surface area contributed by atoms with Crippen molar-refractivity contribution in [1.29, 1.82) is 0 Å². The Balaban J connectivity index is 1.73. The third kappa shape index (κ3) is 2.30. The number of fused-ring (bicyclic) bond motifs is 1. The minimum Gasteiger partial charge on any atom is -0.329 e. The number of nitrogens with zero attached hydrogens (tertiary/aromatic N) is 3. The molecule has 1 fully saturated rings. The zero-order valence-corrected chi connectivity index (χ0v) is 11.6. The highest BCUT2D eigenvalue weighted by Crippen LogP contribution is 2.23. The summed E-state index contributed by atoms with van der Waals surface area (Å²) in [6.45, 7) is 5.16. The van der Waals surface area contributed by atoms with Gasteiger partial charge in [-0.2, -0.15) is 0 Å². The Labute approximate surface area is 111 Å². The number of aromatic nitrogens is 2. The van der Waals surface area contributed by atoms with Crippen LogP contribution in [0.4, 0.5) is 0 Å². The largest absolute Gasteiger partial charge is 0.329 e. The SMILES string of the molecule is CC1CCN(Cc2cn3ccsc3n2)C(CN)C1. The van der Waals surface area contributed by atoms with Gasteiger partial charge in [0.25, 0.3) is 0 Å². The highest BCUT2D eigenvalue weighted by molar-refractivity contribution is 7.15. The number of nitrogens with two attached hydrogens (primary N) is 1.